The number of carbonyl (C=O) groups is 1. The van der Waals surface area contributed by atoms with Crippen LogP contribution in [0.15, 0.2) is 34.1 Å². The number of amides is 2. The molecule has 2 N–H and O–H groups in total. The highest BCUT2D eigenvalue weighted by atomic mass is 32.1. The fraction of sp³-hybridized carbons (Fsp3) is 0.250. The number of carbonyl (C=O) groups excluding carboxylic acids is 1. The Labute approximate surface area is 132 Å². The van der Waals surface area contributed by atoms with Crippen molar-refractivity contribution in [1.29, 1.82) is 0 Å². The van der Waals surface area contributed by atoms with Crippen LogP contribution in [0.5, 0.6) is 0 Å². The Morgan fingerprint density at radius 3 is 2.77 bits per heavy atom. The van der Waals surface area contributed by atoms with Gasteiger partial charge in [-0.25, -0.2) is 4.79 Å². The molecule has 2 aromatic heterocycles. The van der Waals surface area contributed by atoms with Gasteiger partial charge in [-0.05, 0) is 38.4 Å². The number of nitrogens with one attached hydrogen (secondary N) is 2. The number of hydrogen-bond donors (Lipinski definition) is 2. The highest BCUT2D eigenvalue weighted by Crippen LogP contribution is 2.29. The van der Waals surface area contributed by atoms with Crippen molar-refractivity contribution < 1.29 is 9.21 Å². The summed E-state index contributed by atoms with van der Waals surface area (Å²) in [5.41, 5.74) is 3.43. The smallest absolute Gasteiger partial charge is 0.319 e. The summed E-state index contributed by atoms with van der Waals surface area (Å²) >= 11 is 1.32. The first-order valence-corrected chi connectivity index (χ1v) is 7.86. The summed E-state index contributed by atoms with van der Waals surface area (Å²) in [5.74, 6) is 0.775. The van der Waals surface area contributed by atoms with E-state index in [9.17, 15) is 4.79 Å². The third kappa shape index (κ3) is 2.69. The van der Waals surface area contributed by atoms with Crippen LogP contribution in [0.2, 0.25) is 0 Å². The lowest BCUT2D eigenvalue weighted by Gasteiger charge is -2.13. The number of urea groups is 1. The van der Waals surface area contributed by atoms with Crippen LogP contribution in [-0.2, 0) is 0 Å². The van der Waals surface area contributed by atoms with E-state index in [1.54, 1.807) is 0 Å². The second-order valence-corrected chi connectivity index (χ2v) is 5.85. The van der Waals surface area contributed by atoms with Gasteiger partial charge in [0.15, 0.2) is 0 Å². The lowest BCUT2D eigenvalue weighted by Crippen LogP contribution is -2.31. The average molecular weight is 315 g/mol. The van der Waals surface area contributed by atoms with Crippen molar-refractivity contribution in [2.45, 2.75) is 26.8 Å². The second kappa shape index (κ2) is 5.81. The minimum atomic E-state index is -0.268. The van der Waals surface area contributed by atoms with Crippen molar-refractivity contribution >= 4 is 34.2 Å². The molecule has 22 heavy (non-hydrogen) atoms. The zero-order chi connectivity index (χ0) is 15.7. The van der Waals surface area contributed by atoms with E-state index in [-0.39, 0.29) is 12.1 Å². The summed E-state index contributed by atoms with van der Waals surface area (Å²) in [6.45, 7) is 5.77. The van der Waals surface area contributed by atoms with Gasteiger partial charge in [0.1, 0.15) is 11.3 Å². The van der Waals surface area contributed by atoms with Crippen LogP contribution in [-0.4, -0.2) is 10.4 Å². The molecule has 2 heterocycles. The third-order valence-corrected chi connectivity index (χ3v) is 4.34. The molecule has 0 aliphatic carbocycles. The molecule has 2 amide bonds. The van der Waals surface area contributed by atoms with Crippen LogP contribution in [0.1, 0.15) is 30.0 Å². The number of para-hydroxylation sites is 1. The standard InChI is InChI=1S/C16H17N3O2S/c1-9-12-6-4-5-7-14(12)21-15(9)11(3)17-16(20)18-13-8-22-19-10(13)2/h4-8,11H,1-3H3,(H2,17,18,20)/t11-/m1/s1. The van der Waals surface area contributed by atoms with Crippen molar-refractivity contribution in [2.24, 2.45) is 0 Å². The topological polar surface area (TPSA) is 67.2 Å². The molecular formula is C16H17N3O2S. The molecule has 0 bridgehead atoms. The third-order valence-electron chi connectivity index (χ3n) is 3.62. The molecule has 0 unspecified atom stereocenters. The maximum absolute atomic E-state index is 12.1. The number of fused-ring (bicyclic) bond motifs is 1. The Hall–Kier alpha value is -2.34. The quantitative estimate of drug-likeness (QED) is 0.753. The molecule has 0 aliphatic rings. The Morgan fingerprint density at radius 1 is 1.32 bits per heavy atom. The van der Waals surface area contributed by atoms with E-state index in [0.717, 1.165) is 33.7 Å². The normalized spacial score (nSPS) is 12.3. The van der Waals surface area contributed by atoms with Crippen LogP contribution < -0.4 is 10.6 Å². The number of rotatable bonds is 3. The van der Waals surface area contributed by atoms with Crippen molar-refractivity contribution in [3.05, 3.63) is 46.7 Å². The van der Waals surface area contributed by atoms with Gasteiger partial charge >= 0.3 is 6.03 Å². The van der Waals surface area contributed by atoms with Crippen LogP contribution >= 0.6 is 11.5 Å². The number of aryl methyl sites for hydroxylation is 2. The van der Waals surface area contributed by atoms with Crippen LogP contribution in [0.3, 0.4) is 0 Å². The average Bonchev–Trinajstić information content (AvgIpc) is 3.04. The second-order valence-electron chi connectivity index (χ2n) is 5.22. The molecule has 0 radical (unpaired) electrons. The molecule has 0 aliphatic heterocycles. The van der Waals surface area contributed by atoms with Crippen LogP contribution in [0, 0.1) is 13.8 Å². The van der Waals surface area contributed by atoms with E-state index < -0.39 is 0 Å². The highest BCUT2D eigenvalue weighted by Gasteiger charge is 2.18. The summed E-state index contributed by atoms with van der Waals surface area (Å²) < 4.78 is 10.00. The predicted octanol–water partition coefficient (Wildman–Crippen LogP) is 4.39. The van der Waals surface area contributed by atoms with Gasteiger partial charge < -0.3 is 15.1 Å². The van der Waals surface area contributed by atoms with Gasteiger partial charge in [0.2, 0.25) is 0 Å². The maximum atomic E-state index is 12.1. The number of hydrogen-bond acceptors (Lipinski definition) is 4. The van der Waals surface area contributed by atoms with Gasteiger partial charge in [-0.3, -0.25) is 0 Å². The number of aromatic nitrogens is 1. The molecule has 0 saturated carbocycles. The summed E-state index contributed by atoms with van der Waals surface area (Å²) in [4.78, 5) is 12.1. The van der Waals surface area contributed by atoms with Crippen LogP contribution in [0.25, 0.3) is 11.0 Å². The summed E-state index contributed by atoms with van der Waals surface area (Å²) in [5, 5.41) is 8.58. The van der Waals surface area contributed by atoms with Gasteiger partial charge in [-0.1, -0.05) is 18.2 Å². The maximum Gasteiger partial charge on any atom is 0.319 e. The van der Waals surface area contributed by atoms with E-state index >= 15 is 0 Å². The largest absolute Gasteiger partial charge is 0.459 e. The fourth-order valence-electron chi connectivity index (χ4n) is 2.44. The molecule has 0 fully saturated rings. The number of nitrogens with zero attached hydrogens (tertiary/aromatic N) is 1. The molecule has 1 atom stereocenters. The molecule has 0 saturated heterocycles. The van der Waals surface area contributed by atoms with Gasteiger partial charge in [0.25, 0.3) is 0 Å². The molecule has 6 heteroatoms. The summed E-state index contributed by atoms with van der Waals surface area (Å²) in [6, 6.07) is 7.37. The first kappa shape index (κ1) is 14.6. The monoisotopic (exact) mass is 315 g/mol. The van der Waals surface area contributed by atoms with E-state index in [1.807, 2.05) is 50.4 Å². The van der Waals surface area contributed by atoms with Gasteiger partial charge in [-0.15, -0.1) is 0 Å². The number of anilines is 1. The summed E-state index contributed by atoms with van der Waals surface area (Å²) in [6.07, 6.45) is 0. The molecule has 0 spiro atoms. The Bertz CT molecular complexity index is 822. The number of furan rings is 1. The number of benzene rings is 1. The molecule has 3 aromatic rings. The zero-order valence-corrected chi connectivity index (χ0v) is 13.5. The molecule has 5 nitrogen and oxygen atoms in total. The SMILES string of the molecule is Cc1nscc1NC(=O)N[C@H](C)c1oc2ccccc2c1C. The predicted molar refractivity (Wildman–Crippen MR) is 88.4 cm³/mol. The van der Waals surface area contributed by atoms with Crippen molar-refractivity contribution in [2.75, 3.05) is 5.32 Å². The van der Waals surface area contributed by atoms with Gasteiger partial charge in [0, 0.05) is 16.3 Å². The van der Waals surface area contributed by atoms with E-state index in [2.05, 4.69) is 15.0 Å². The van der Waals surface area contributed by atoms with Gasteiger partial charge in [0.05, 0.1) is 17.4 Å². The van der Waals surface area contributed by atoms with Gasteiger partial charge in [-0.2, -0.15) is 4.37 Å². The molecule has 114 valence electrons. The molecule has 3 rings (SSSR count). The Morgan fingerprint density at radius 2 is 2.09 bits per heavy atom. The van der Waals surface area contributed by atoms with Crippen molar-refractivity contribution in [3.8, 4) is 0 Å². The lowest BCUT2D eigenvalue weighted by molar-refractivity contribution is 0.248. The van der Waals surface area contributed by atoms with E-state index in [0.29, 0.717) is 0 Å². The van der Waals surface area contributed by atoms with E-state index in [1.165, 1.54) is 11.5 Å². The highest BCUT2D eigenvalue weighted by molar-refractivity contribution is 7.04. The first-order chi connectivity index (χ1) is 10.6. The zero-order valence-electron chi connectivity index (χ0n) is 12.6. The Kier molecular flexibility index (Phi) is 3.85. The molecule has 1 aromatic carbocycles. The fourth-order valence-corrected chi connectivity index (χ4v) is 3.08. The molecular weight excluding hydrogens is 298 g/mol. The Balaban J connectivity index is 1.75. The summed E-state index contributed by atoms with van der Waals surface area (Å²) in [7, 11) is 0. The van der Waals surface area contributed by atoms with E-state index in [4.69, 9.17) is 4.42 Å². The minimum Gasteiger partial charge on any atom is -0.459 e. The van der Waals surface area contributed by atoms with Crippen molar-refractivity contribution in [1.82, 2.24) is 9.69 Å². The van der Waals surface area contributed by atoms with Crippen molar-refractivity contribution in [3.63, 3.8) is 0 Å². The first-order valence-electron chi connectivity index (χ1n) is 7.02. The van der Waals surface area contributed by atoms with Crippen LogP contribution in [0.4, 0.5) is 10.5 Å². The lowest BCUT2D eigenvalue weighted by atomic mass is 10.1. The minimum absolute atomic E-state index is 0.223.